The van der Waals surface area contributed by atoms with E-state index < -0.39 is 0 Å². The lowest BCUT2D eigenvalue weighted by molar-refractivity contribution is 0.728. The Morgan fingerprint density at radius 1 is 1.39 bits per heavy atom. The van der Waals surface area contributed by atoms with E-state index in [4.69, 9.17) is 29.6 Å². The van der Waals surface area contributed by atoms with Gasteiger partial charge in [-0.25, -0.2) is 0 Å². The molecule has 0 aliphatic carbocycles. The lowest BCUT2D eigenvalue weighted by Gasteiger charge is -2.36. The van der Waals surface area contributed by atoms with Gasteiger partial charge in [0.15, 0.2) is 0 Å². The summed E-state index contributed by atoms with van der Waals surface area (Å²) in [6, 6.07) is 5.93. The highest BCUT2D eigenvalue weighted by Gasteiger charge is 2.22. The van der Waals surface area contributed by atoms with E-state index in [0.29, 0.717) is 20.5 Å². The number of benzene rings is 1. The standard InChI is InChI=1S/C13H17ClN2S2/c1-8-6-16(7-9(2)18-8)10-3-4-11(13(15)17)12(14)5-10/h3-5,8-9H,6-7H2,1-2H3,(H2,15,17). The third kappa shape index (κ3) is 3.11. The first-order valence-electron chi connectivity index (χ1n) is 5.97. The van der Waals surface area contributed by atoms with Crippen LogP contribution in [0.25, 0.3) is 0 Å². The number of hydrogen-bond acceptors (Lipinski definition) is 3. The van der Waals surface area contributed by atoms with Gasteiger partial charge in [-0.3, -0.25) is 0 Å². The molecule has 5 heteroatoms. The fourth-order valence-electron chi connectivity index (χ4n) is 2.29. The van der Waals surface area contributed by atoms with Crippen molar-refractivity contribution >= 4 is 46.3 Å². The zero-order chi connectivity index (χ0) is 13.3. The minimum absolute atomic E-state index is 0.350. The normalized spacial score (nSPS) is 24.1. The molecule has 0 radical (unpaired) electrons. The number of nitrogens with two attached hydrogens (primary N) is 1. The van der Waals surface area contributed by atoms with Crippen LogP contribution in [0.15, 0.2) is 18.2 Å². The van der Waals surface area contributed by atoms with Gasteiger partial charge in [-0.05, 0) is 18.2 Å². The van der Waals surface area contributed by atoms with E-state index in [1.165, 1.54) is 0 Å². The Morgan fingerprint density at radius 2 is 2.00 bits per heavy atom. The monoisotopic (exact) mass is 300 g/mol. The molecule has 2 N–H and O–H groups in total. The van der Waals surface area contributed by atoms with Gasteiger partial charge >= 0.3 is 0 Å². The van der Waals surface area contributed by atoms with E-state index in [0.717, 1.165) is 24.3 Å². The number of thioether (sulfide) groups is 1. The topological polar surface area (TPSA) is 29.3 Å². The predicted molar refractivity (Wildman–Crippen MR) is 86.1 cm³/mol. The van der Waals surface area contributed by atoms with E-state index in [1.54, 1.807) is 0 Å². The zero-order valence-electron chi connectivity index (χ0n) is 10.5. The summed E-state index contributed by atoms with van der Waals surface area (Å²) in [7, 11) is 0. The summed E-state index contributed by atoms with van der Waals surface area (Å²) in [5.41, 5.74) is 7.52. The van der Waals surface area contributed by atoms with Gasteiger partial charge in [0.25, 0.3) is 0 Å². The Bertz CT molecular complexity index is 454. The number of rotatable bonds is 2. The van der Waals surface area contributed by atoms with Crippen molar-refractivity contribution in [3.8, 4) is 0 Å². The van der Waals surface area contributed by atoms with Crippen LogP contribution >= 0.6 is 35.6 Å². The molecule has 1 saturated heterocycles. The SMILES string of the molecule is CC1CN(c2ccc(C(N)=S)c(Cl)c2)CC(C)S1. The number of halogens is 1. The second kappa shape index (κ2) is 5.68. The van der Waals surface area contributed by atoms with Crippen LogP contribution in [-0.2, 0) is 0 Å². The maximum absolute atomic E-state index is 6.22. The molecule has 0 saturated carbocycles. The molecule has 18 heavy (non-hydrogen) atoms. The lowest BCUT2D eigenvalue weighted by Crippen LogP contribution is -2.40. The highest BCUT2D eigenvalue weighted by atomic mass is 35.5. The number of hydrogen-bond donors (Lipinski definition) is 1. The Labute approximate surface area is 123 Å². The highest BCUT2D eigenvalue weighted by Crippen LogP contribution is 2.30. The summed E-state index contributed by atoms with van der Waals surface area (Å²) in [6.07, 6.45) is 0. The molecule has 1 aromatic carbocycles. The van der Waals surface area contributed by atoms with Crippen molar-refractivity contribution in [2.45, 2.75) is 24.3 Å². The van der Waals surface area contributed by atoms with Gasteiger partial charge in [0.05, 0.1) is 5.02 Å². The van der Waals surface area contributed by atoms with Crippen LogP contribution in [0.5, 0.6) is 0 Å². The zero-order valence-corrected chi connectivity index (χ0v) is 12.9. The summed E-state index contributed by atoms with van der Waals surface area (Å²) in [5.74, 6) is 0. The molecular formula is C13H17ClN2S2. The summed E-state index contributed by atoms with van der Waals surface area (Å²) in [5, 5.41) is 1.92. The van der Waals surface area contributed by atoms with Crippen LogP contribution in [0.1, 0.15) is 19.4 Å². The number of thiocarbonyl (C=S) groups is 1. The molecular weight excluding hydrogens is 284 g/mol. The molecule has 2 unspecified atom stereocenters. The second-order valence-corrected chi connectivity index (χ2v) is 7.42. The minimum Gasteiger partial charge on any atom is -0.389 e. The van der Waals surface area contributed by atoms with E-state index in [9.17, 15) is 0 Å². The molecule has 1 aliphatic heterocycles. The van der Waals surface area contributed by atoms with Crippen LogP contribution in [0.3, 0.4) is 0 Å². The molecule has 1 heterocycles. The molecule has 0 aromatic heterocycles. The first-order chi connectivity index (χ1) is 8.47. The largest absolute Gasteiger partial charge is 0.389 e. The number of nitrogens with zero attached hydrogens (tertiary/aromatic N) is 1. The van der Waals surface area contributed by atoms with Crippen molar-refractivity contribution in [2.75, 3.05) is 18.0 Å². The second-order valence-electron chi connectivity index (χ2n) is 4.69. The molecule has 0 amide bonds. The van der Waals surface area contributed by atoms with Crippen molar-refractivity contribution in [3.63, 3.8) is 0 Å². The van der Waals surface area contributed by atoms with Gasteiger partial charge in [-0.2, -0.15) is 11.8 Å². The lowest BCUT2D eigenvalue weighted by atomic mass is 10.1. The molecule has 0 bridgehead atoms. The minimum atomic E-state index is 0.350. The fraction of sp³-hybridized carbons (Fsp3) is 0.462. The average molecular weight is 301 g/mol. The fourth-order valence-corrected chi connectivity index (χ4v) is 4.13. The van der Waals surface area contributed by atoms with Gasteiger partial charge in [-0.1, -0.05) is 37.7 Å². The van der Waals surface area contributed by atoms with Gasteiger partial charge in [0.2, 0.25) is 0 Å². The molecule has 1 aromatic rings. The van der Waals surface area contributed by atoms with Crippen molar-refractivity contribution in [1.29, 1.82) is 0 Å². The Hall–Kier alpha value is -0.450. The summed E-state index contributed by atoms with van der Waals surface area (Å²) < 4.78 is 0. The molecule has 2 atom stereocenters. The van der Waals surface area contributed by atoms with Crippen LogP contribution < -0.4 is 10.6 Å². The summed E-state index contributed by atoms with van der Waals surface area (Å²) in [6.45, 7) is 6.63. The van der Waals surface area contributed by atoms with E-state index in [-0.39, 0.29) is 0 Å². The van der Waals surface area contributed by atoms with E-state index >= 15 is 0 Å². The quantitative estimate of drug-likeness (QED) is 0.849. The molecule has 98 valence electrons. The van der Waals surface area contributed by atoms with Crippen molar-refractivity contribution in [2.24, 2.45) is 5.73 Å². The first kappa shape index (κ1) is 14.0. The Morgan fingerprint density at radius 3 is 2.50 bits per heavy atom. The third-order valence-corrected chi connectivity index (χ3v) is 4.76. The molecule has 1 aliphatic rings. The first-order valence-corrected chi connectivity index (χ1v) is 7.70. The van der Waals surface area contributed by atoms with Crippen molar-refractivity contribution in [1.82, 2.24) is 0 Å². The molecule has 2 nitrogen and oxygen atoms in total. The maximum atomic E-state index is 6.22. The van der Waals surface area contributed by atoms with Gasteiger partial charge in [0.1, 0.15) is 4.99 Å². The summed E-state index contributed by atoms with van der Waals surface area (Å²) >= 11 is 13.2. The van der Waals surface area contributed by atoms with Crippen LogP contribution in [0.2, 0.25) is 5.02 Å². The average Bonchev–Trinajstić information content (AvgIpc) is 2.26. The third-order valence-electron chi connectivity index (χ3n) is 3.00. The van der Waals surface area contributed by atoms with E-state index in [2.05, 4.69) is 24.8 Å². The van der Waals surface area contributed by atoms with Crippen LogP contribution in [0.4, 0.5) is 5.69 Å². The molecule has 0 spiro atoms. The van der Waals surface area contributed by atoms with Gasteiger partial charge < -0.3 is 10.6 Å². The Kier molecular flexibility index (Phi) is 4.41. The van der Waals surface area contributed by atoms with Gasteiger partial charge in [0, 0.05) is 34.8 Å². The van der Waals surface area contributed by atoms with E-state index in [1.807, 2.05) is 23.9 Å². The van der Waals surface area contributed by atoms with Crippen molar-refractivity contribution < 1.29 is 0 Å². The van der Waals surface area contributed by atoms with Crippen LogP contribution in [0, 0.1) is 0 Å². The molecule has 2 rings (SSSR count). The van der Waals surface area contributed by atoms with Gasteiger partial charge in [-0.15, -0.1) is 0 Å². The van der Waals surface area contributed by atoms with Crippen LogP contribution in [-0.4, -0.2) is 28.6 Å². The maximum Gasteiger partial charge on any atom is 0.105 e. The predicted octanol–water partition coefficient (Wildman–Crippen LogP) is 3.30. The summed E-state index contributed by atoms with van der Waals surface area (Å²) in [4.78, 5) is 2.73. The van der Waals surface area contributed by atoms with Crippen molar-refractivity contribution in [3.05, 3.63) is 28.8 Å². The smallest absolute Gasteiger partial charge is 0.105 e. The Balaban J connectivity index is 2.23. The molecule has 1 fully saturated rings. The highest BCUT2D eigenvalue weighted by molar-refractivity contribution is 8.00. The number of anilines is 1.